The number of halogens is 1. The predicted octanol–water partition coefficient (Wildman–Crippen LogP) is 3.87. The van der Waals surface area contributed by atoms with Crippen LogP contribution in [0.3, 0.4) is 0 Å². The Bertz CT molecular complexity index is 342. The average Bonchev–Trinajstić information content (AvgIpc) is 2.74. The minimum Gasteiger partial charge on any atom is -0.388 e. The highest BCUT2D eigenvalue weighted by atomic mass is 35.5. The molecule has 2 rings (SSSR count). The summed E-state index contributed by atoms with van der Waals surface area (Å²) in [5, 5.41) is 11.0. The number of hydrogen-bond donors (Lipinski definition) is 1. The fourth-order valence-corrected chi connectivity index (χ4v) is 2.51. The van der Waals surface area contributed by atoms with Crippen molar-refractivity contribution in [1.29, 1.82) is 0 Å². The van der Waals surface area contributed by atoms with Crippen molar-refractivity contribution in [2.24, 2.45) is 5.92 Å². The highest BCUT2D eigenvalue weighted by Crippen LogP contribution is 2.36. The summed E-state index contributed by atoms with van der Waals surface area (Å²) in [6.45, 7) is 1.98. The van der Waals surface area contributed by atoms with Gasteiger partial charge in [0.25, 0.3) is 0 Å². The van der Waals surface area contributed by atoms with Crippen LogP contribution in [0.25, 0.3) is 0 Å². The number of benzene rings is 1. The third kappa shape index (κ3) is 2.35. The van der Waals surface area contributed by atoms with E-state index in [2.05, 4.69) is 0 Å². The second-order valence-corrected chi connectivity index (χ2v) is 4.91. The van der Waals surface area contributed by atoms with Crippen LogP contribution >= 0.6 is 11.6 Å². The number of aryl methyl sites for hydroxylation is 1. The number of rotatable bonds is 2. The normalized spacial score (nSPS) is 19.4. The van der Waals surface area contributed by atoms with Crippen molar-refractivity contribution in [3.8, 4) is 0 Å². The van der Waals surface area contributed by atoms with Crippen molar-refractivity contribution in [2.75, 3.05) is 0 Å². The average molecular weight is 225 g/mol. The molecule has 1 fully saturated rings. The molecule has 82 valence electrons. The fraction of sp³-hybridized carbons (Fsp3) is 0.538. The molecule has 0 spiro atoms. The molecule has 0 saturated heterocycles. The number of aliphatic hydroxyl groups is 1. The lowest BCUT2D eigenvalue weighted by molar-refractivity contribution is 0.111. The third-order valence-corrected chi connectivity index (χ3v) is 3.79. The van der Waals surface area contributed by atoms with Gasteiger partial charge in [0.05, 0.1) is 6.10 Å². The summed E-state index contributed by atoms with van der Waals surface area (Å²) in [4.78, 5) is 0. The van der Waals surface area contributed by atoms with E-state index in [0.29, 0.717) is 5.92 Å². The molecule has 0 bridgehead atoms. The summed E-state index contributed by atoms with van der Waals surface area (Å²) >= 11 is 5.96. The Kier molecular flexibility index (Phi) is 3.32. The maximum absolute atomic E-state index is 10.2. The Morgan fingerprint density at radius 2 is 2.00 bits per heavy atom. The van der Waals surface area contributed by atoms with Gasteiger partial charge in [-0.05, 0) is 42.9 Å². The molecule has 1 aliphatic carbocycles. The van der Waals surface area contributed by atoms with Gasteiger partial charge in [-0.3, -0.25) is 0 Å². The Morgan fingerprint density at radius 3 is 2.60 bits per heavy atom. The molecule has 0 amide bonds. The maximum Gasteiger partial charge on any atom is 0.0818 e. The summed E-state index contributed by atoms with van der Waals surface area (Å²) in [6.07, 6.45) is 4.53. The lowest BCUT2D eigenvalue weighted by Gasteiger charge is -2.18. The highest BCUT2D eigenvalue weighted by Gasteiger charge is 2.24. The Labute approximate surface area is 96.1 Å². The van der Waals surface area contributed by atoms with Crippen molar-refractivity contribution < 1.29 is 5.11 Å². The van der Waals surface area contributed by atoms with Crippen LogP contribution in [0, 0.1) is 12.8 Å². The van der Waals surface area contributed by atoms with Crippen molar-refractivity contribution in [3.63, 3.8) is 0 Å². The zero-order valence-electron chi connectivity index (χ0n) is 9.04. The first-order chi connectivity index (χ1) is 7.18. The van der Waals surface area contributed by atoms with Gasteiger partial charge < -0.3 is 5.11 Å². The van der Waals surface area contributed by atoms with E-state index in [-0.39, 0.29) is 6.10 Å². The molecule has 1 N–H and O–H groups in total. The van der Waals surface area contributed by atoms with Gasteiger partial charge in [0, 0.05) is 5.02 Å². The van der Waals surface area contributed by atoms with Gasteiger partial charge in [-0.25, -0.2) is 0 Å². The van der Waals surface area contributed by atoms with E-state index in [9.17, 15) is 5.11 Å². The standard InChI is InChI=1S/C13H17ClO/c1-9-8-11(6-7-12(9)14)13(15)10-4-2-3-5-10/h6-8,10,13,15H,2-5H2,1H3. The first kappa shape index (κ1) is 11.0. The topological polar surface area (TPSA) is 20.2 Å². The van der Waals surface area contributed by atoms with E-state index in [4.69, 9.17) is 11.6 Å². The van der Waals surface area contributed by atoms with Crippen molar-refractivity contribution in [1.82, 2.24) is 0 Å². The lowest BCUT2D eigenvalue weighted by atomic mass is 9.94. The van der Waals surface area contributed by atoms with E-state index in [1.165, 1.54) is 12.8 Å². The van der Waals surface area contributed by atoms with Crippen molar-refractivity contribution >= 4 is 11.6 Å². The van der Waals surface area contributed by atoms with Crippen LogP contribution < -0.4 is 0 Å². The molecule has 15 heavy (non-hydrogen) atoms. The molecule has 0 heterocycles. The van der Waals surface area contributed by atoms with Crippen molar-refractivity contribution in [3.05, 3.63) is 34.3 Å². The molecule has 1 aliphatic rings. The predicted molar refractivity (Wildman–Crippen MR) is 63.1 cm³/mol. The largest absolute Gasteiger partial charge is 0.388 e. The minimum atomic E-state index is -0.302. The zero-order chi connectivity index (χ0) is 10.8. The summed E-state index contributed by atoms with van der Waals surface area (Å²) in [5.74, 6) is 0.450. The Balaban J connectivity index is 2.17. The molecule has 0 aromatic heterocycles. The van der Waals surface area contributed by atoms with E-state index >= 15 is 0 Å². The summed E-state index contributed by atoms with van der Waals surface area (Å²) in [7, 11) is 0. The Hall–Kier alpha value is -0.530. The van der Waals surface area contributed by atoms with Crippen LogP contribution in [0.15, 0.2) is 18.2 Å². The molecule has 0 radical (unpaired) electrons. The molecule has 0 aliphatic heterocycles. The molecule has 1 aromatic rings. The molecule has 2 heteroatoms. The fourth-order valence-electron chi connectivity index (χ4n) is 2.40. The van der Waals surface area contributed by atoms with Crippen LogP contribution in [0.4, 0.5) is 0 Å². The third-order valence-electron chi connectivity index (χ3n) is 3.37. The molecule has 1 aromatic carbocycles. The van der Waals surface area contributed by atoms with Crippen LogP contribution in [0.5, 0.6) is 0 Å². The quantitative estimate of drug-likeness (QED) is 0.809. The van der Waals surface area contributed by atoms with Crippen molar-refractivity contribution in [2.45, 2.75) is 38.7 Å². The first-order valence-electron chi connectivity index (χ1n) is 5.62. The molecular weight excluding hydrogens is 208 g/mol. The van der Waals surface area contributed by atoms with E-state index in [0.717, 1.165) is 29.0 Å². The van der Waals surface area contributed by atoms with Gasteiger partial charge in [-0.2, -0.15) is 0 Å². The van der Waals surface area contributed by atoms with Crippen LogP contribution in [0.1, 0.15) is 42.9 Å². The summed E-state index contributed by atoms with van der Waals surface area (Å²) < 4.78 is 0. The van der Waals surface area contributed by atoms with Gasteiger partial charge in [-0.1, -0.05) is 36.6 Å². The summed E-state index contributed by atoms with van der Waals surface area (Å²) in [5.41, 5.74) is 2.06. The van der Waals surface area contributed by atoms with Crippen LogP contribution in [0.2, 0.25) is 5.02 Å². The van der Waals surface area contributed by atoms with Gasteiger partial charge in [0.2, 0.25) is 0 Å². The molecule has 1 atom stereocenters. The van der Waals surface area contributed by atoms with Gasteiger partial charge in [0.1, 0.15) is 0 Å². The van der Waals surface area contributed by atoms with Crippen LogP contribution in [-0.2, 0) is 0 Å². The van der Waals surface area contributed by atoms with E-state index in [1.807, 2.05) is 25.1 Å². The molecule has 1 unspecified atom stereocenters. The smallest absolute Gasteiger partial charge is 0.0818 e. The molecule has 1 nitrogen and oxygen atoms in total. The minimum absolute atomic E-state index is 0.302. The van der Waals surface area contributed by atoms with Gasteiger partial charge >= 0.3 is 0 Å². The van der Waals surface area contributed by atoms with E-state index in [1.54, 1.807) is 0 Å². The second-order valence-electron chi connectivity index (χ2n) is 4.50. The Morgan fingerprint density at radius 1 is 1.33 bits per heavy atom. The molecule has 1 saturated carbocycles. The van der Waals surface area contributed by atoms with Crippen LogP contribution in [-0.4, -0.2) is 5.11 Å². The van der Waals surface area contributed by atoms with Gasteiger partial charge in [-0.15, -0.1) is 0 Å². The number of hydrogen-bond acceptors (Lipinski definition) is 1. The number of aliphatic hydroxyl groups excluding tert-OH is 1. The summed E-state index contributed by atoms with van der Waals surface area (Å²) in [6, 6.07) is 5.83. The first-order valence-corrected chi connectivity index (χ1v) is 6.00. The SMILES string of the molecule is Cc1cc(C(O)C2CCCC2)ccc1Cl. The van der Waals surface area contributed by atoms with E-state index < -0.39 is 0 Å². The maximum atomic E-state index is 10.2. The monoisotopic (exact) mass is 224 g/mol. The lowest BCUT2D eigenvalue weighted by Crippen LogP contribution is -2.08. The highest BCUT2D eigenvalue weighted by molar-refractivity contribution is 6.31. The second kappa shape index (κ2) is 4.54. The zero-order valence-corrected chi connectivity index (χ0v) is 9.80. The van der Waals surface area contributed by atoms with Gasteiger partial charge in [0.15, 0.2) is 0 Å². The molecular formula is C13H17ClO.